The average Bonchev–Trinajstić information content (AvgIpc) is 2.63. The van der Waals surface area contributed by atoms with Gasteiger partial charge in [0.1, 0.15) is 11.4 Å². The molecule has 8 heteroatoms. The summed E-state index contributed by atoms with van der Waals surface area (Å²) in [6, 6.07) is 5.21. The molecule has 1 amide bonds. The van der Waals surface area contributed by atoms with Crippen molar-refractivity contribution >= 4 is 36.0 Å². The number of hydrogen-bond acceptors (Lipinski definition) is 3. The van der Waals surface area contributed by atoms with Crippen LogP contribution in [0.3, 0.4) is 0 Å². The van der Waals surface area contributed by atoms with Gasteiger partial charge in [-0.2, -0.15) is 0 Å². The molecule has 164 valence electrons. The van der Waals surface area contributed by atoms with E-state index in [0.29, 0.717) is 37.1 Å². The summed E-state index contributed by atoms with van der Waals surface area (Å²) in [6.07, 6.45) is 1.76. The molecule has 0 radical (unpaired) electrons. The van der Waals surface area contributed by atoms with Gasteiger partial charge in [-0.25, -0.2) is 9.18 Å². The molecule has 0 bridgehead atoms. The lowest BCUT2D eigenvalue weighted by Gasteiger charge is -2.34. The molecule has 1 aromatic carbocycles. The smallest absolute Gasteiger partial charge is 0.410 e. The van der Waals surface area contributed by atoms with E-state index >= 15 is 0 Å². The summed E-state index contributed by atoms with van der Waals surface area (Å²) in [5.74, 6) is 0.790. The van der Waals surface area contributed by atoms with Crippen LogP contribution in [0.5, 0.6) is 0 Å². The highest BCUT2D eigenvalue weighted by Crippen LogP contribution is 2.19. The van der Waals surface area contributed by atoms with Gasteiger partial charge in [-0.1, -0.05) is 12.1 Å². The molecule has 0 aliphatic carbocycles. The van der Waals surface area contributed by atoms with E-state index in [-0.39, 0.29) is 35.9 Å². The third-order valence-electron chi connectivity index (χ3n) is 4.65. The van der Waals surface area contributed by atoms with E-state index in [1.165, 1.54) is 6.07 Å². The molecule has 6 nitrogen and oxygen atoms in total. The molecule has 1 aliphatic rings. The van der Waals surface area contributed by atoms with Crippen molar-refractivity contribution in [3.8, 4) is 0 Å². The van der Waals surface area contributed by atoms with Gasteiger partial charge in [0.05, 0.1) is 0 Å². The molecule has 0 saturated carbocycles. The fraction of sp³-hybridized carbons (Fsp3) is 0.619. The monoisotopic (exact) mass is 520 g/mol. The van der Waals surface area contributed by atoms with Crippen molar-refractivity contribution in [1.82, 2.24) is 15.5 Å². The van der Waals surface area contributed by atoms with Crippen LogP contribution in [0.2, 0.25) is 0 Å². The van der Waals surface area contributed by atoms with Crippen LogP contribution in [0, 0.1) is 18.7 Å². The Hall–Kier alpha value is -1.58. The van der Waals surface area contributed by atoms with Crippen LogP contribution >= 0.6 is 24.0 Å². The van der Waals surface area contributed by atoms with Gasteiger partial charge in [-0.3, -0.25) is 4.99 Å². The average molecular weight is 520 g/mol. The summed E-state index contributed by atoms with van der Waals surface area (Å²) in [5.41, 5.74) is 1.02. The first-order valence-corrected chi connectivity index (χ1v) is 9.85. The number of ether oxygens (including phenoxy) is 1. The normalized spacial score (nSPS) is 17.4. The lowest BCUT2D eigenvalue weighted by atomic mass is 9.98. The van der Waals surface area contributed by atoms with Gasteiger partial charge < -0.3 is 20.3 Å². The van der Waals surface area contributed by atoms with Gasteiger partial charge >= 0.3 is 6.09 Å². The summed E-state index contributed by atoms with van der Waals surface area (Å²) < 4.78 is 19.1. The predicted octanol–water partition coefficient (Wildman–Crippen LogP) is 4.06. The van der Waals surface area contributed by atoms with E-state index in [2.05, 4.69) is 15.6 Å². The molecule has 1 aliphatic heterocycles. The molecule has 1 fully saturated rings. The van der Waals surface area contributed by atoms with Gasteiger partial charge in [0, 0.05) is 33.2 Å². The zero-order valence-corrected chi connectivity index (χ0v) is 20.4. The topological polar surface area (TPSA) is 66.0 Å². The number of halogens is 2. The van der Waals surface area contributed by atoms with E-state index in [1.807, 2.05) is 26.8 Å². The third-order valence-corrected chi connectivity index (χ3v) is 4.65. The highest BCUT2D eigenvalue weighted by Gasteiger charge is 2.27. The van der Waals surface area contributed by atoms with Gasteiger partial charge in [0.2, 0.25) is 0 Å². The summed E-state index contributed by atoms with van der Waals surface area (Å²) in [6.45, 7) is 9.99. The van der Waals surface area contributed by atoms with E-state index in [9.17, 15) is 9.18 Å². The molecule has 2 rings (SSSR count). The zero-order chi connectivity index (χ0) is 20.7. The van der Waals surface area contributed by atoms with Crippen LogP contribution in [0.1, 0.15) is 44.7 Å². The minimum Gasteiger partial charge on any atom is -0.444 e. The summed E-state index contributed by atoms with van der Waals surface area (Å²) in [7, 11) is 1.71. The number of amides is 1. The molecule has 1 heterocycles. The van der Waals surface area contributed by atoms with Crippen LogP contribution in [0.25, 0.3) is 0 Å². The molecule has 0 spiro atoms. The Labute approximate surface area is 190 Å². The molecule has 0 aromatic heterocycles. The lowest BCUT2D eigenvalue weighted by Crippen LogP contribution is -2.47. The standard InChI is InChI=1S/C21H33FN4O2.HI/c1-15-8-9-16(11-18(15)22)12-24-19(23-5)25-13-17-7-6-10-26(14-17)20(27)28-21(2,3)4;/h8-9,11,17H,6-7,10,12-14H2,1-5H3,(H2,23,24,25);1H. The van der Waals surface area contributed by atoms with Gasteiger partial charge in [0.25, 0.3) is 0 Å². The Bertz CT molecular complexity index is 706. The first kappa shape index (κ1) is 25.5. The molecule has 1 atom stereocenters. The van der Waals surface area contributed by atoms with Gasteiger partial charge in [-0.05, 0) is 63.6 Å². The second-order valence-electron chi connectivity index (χ2n) is 8.32. The number of aliphatic imine (C=N–C) groups is 1. The first-order valence-electron chi connectivity index (χ1n) is 9.85. The molecule has 2 N–H and O–H groups in total. The van der Waals surface area contributed by atoms with Crippen LogP contribution in [0.4, 0.5) is 9.18 Å². The Morgan fingerprint density at radius 3 is 2.69 bits per heavy atom. The van der Waals surface area contributed by atoms with Crippen LogP contribution in [0.15, 0.2) is 23.2 Å². The minimum atomic E-state index is -0.482. The number of likely N-dealkylation sites (tertiary alicyclic amines) is 1. The summed E-state index contributed by atoms with van der Waals surface area (Å²) in [5, 5.41) is 6.51. The Balaban J connectivity index is 0.00000420. The number of aryl methyl sites for hydroxylation is 1. The molecular weight excluding hydrogens is 486 g/mol. The minimum absolute atomic E-state index is 0. The number of benzene rings is 1. The number of hydrogen-bond donors (Lipinski definition) is 2. The number of carbonyl (C=O) groups excluding carboxylic acids is 1. The van der Waals surface area contributed by atoms with Crippen molar-refractivity contribution in [2.75, 3.05) is 26.7 Å². The number of carbonyl (C=O) groups is 1. The zero-order valence-electron chi connectivity index (χ0n) is 18.0. The fourth-order valence-corrected chi connectivity index (χ4v) is 3.12. The Morgan fingerprint density at radius 1 is 1.34 bits per heavy atom. The van der Waals surface area contributed by atoms with Crippen molar-refractivity contribution in [2.45, 2.75) is 52.7 Å². The molecule has 29 heavy (non-hydrogen) atoms. The van der Waals surface area contributed by atoms with E-state index in [0.717, 1.165) is 24.9 Å². The van der Waals surface area contributed by atoms with E-state index in [4.69, 9.17) is 4.74 Å². The number of guanidine groups is 1. The highest BCUT2D eigenvalue weighted by molar-refractivity contribution is 14.0. The summed E-state index contributed by atoms with van der Waals surface area (Å²) >= 11 is 0. The number of piperidine rings is 1. The van der Waals surface area contributed by atoms with Crippen molar-refractivity contribution in [3.63, 3.8) is 0 Å². The molecule has 1 aromatic rings. The Morgan fingerprint density at radius 2 is 2.07 bits per heavy atom. The van der Waals surface area contributed by atoms with Crippen LogP contribution in [-0.4, -0.2) is 49.2 Å². The van der Waals surface area contributed by atoms with Crippen LogP contribution < -0.4 is 10.6 Å². The Kier molecular flexibility index (Phi) is 10.2. The second kappa shape index (κ2) is 11.6. The lowest BCUT2D eigenvalue weighted by molar-refractivity contribution is 0.0168. The maximum Gasteiger partial charge on any atom is 0.410 e. The van der Waals surface area contributed by atoms with Gasteiger partial charge in [0.15, 0.2) is 5.96 Å². The van der Waals surface area contributed by atoms with Crippen molar-refractivity contribution in [3.05, 3.63) is 35.1 Å². The quantitative estimate of drug-likeness (QED) is 0.357. The first-order chi connectivity index (χ1) is 13.2. The second-order valence-corrected chi connectivity index (χ2v) is 8.32. The van der Waals surface area contributed by atoms with E-state index in [1.54, 1.807) is 24.9 Å². The summed E-state index contributed by atoms with van der Waals surface area (Å²) in [4.78, 5) is 18.3. The number of nitrogens with zero attached hydrogens (tertiary/aromatic N) is 2. The van der Waals surface area contributed by atoms with Crippen molar-refractivity contribution in [2.24, 2.45) is 10.9 Å². The van der Waals surface area contributed by atoms with Crippen LogP contribution in [-0.2, 0) is 11.3 Å². The molecular formula is C21H34FIN4O2. The number of nitrogens with one attached hydrogen (secondary N) is 2. The molecule has 1 unspecified atom stereocenters. The SMILES string of the molecule is CN=C(NCc1ccc(C)c(F)c1)NCC1CCCN(C(=O)OC(C)(C)C)C1.I. The number of rotatable bonds is 4. The van der Waals surface area contributed by atoms with E-state index < -0.39 is 5.60 Å². The van der Waals surface area contributed by atoms with Crippen molar-refractivity contribution < 1.29 is 13.9 Å². The maximum atomic E-state index is 13.7. The predicted molar refractivity (Wildman–Crippen MR) is 125 cm³/mol. The fourth-order valence-electron chi connectivity index (χ4n) is 3.12. The van der Waals surface area contributed by atoms with Crippen molar-refractivity contribution in [1.29, 1.82) is 0 Å². The third kappa shape index (κ3) is 8.76. The van der Waals surface area contributed by atoms with Gasteiger partial charge in [-0.15, -0.1) is 24.0 Å². The largest absolute Gasteiger partial charge is 0.444 e. The molecule has 1 saturated heterocycles. The highest BCUT2D eigenvalue weighted by atomic mass is 127. The maximum absolute atomic E-state index is 13.7.